The molecule has 1 aliphatic heterocycles. The zero-order chi connectivity index (χ0) is 16.4. The van der Waals surface area contributed by atoms with Crippen LogP contribution in [0.5, 0.6) is 0 Å². The molecule has 7 nitrogen and oxygen atoms in total. The van der Waals surface area contributed by atoms with Gasteiger partial charge in [0.2, 0.25) is 5.91 Å². The first kappa shape index (κ1) is 18.3. The minimum absolute atomic E-state index is 0.000624. The average Bonchev–Trinajstić information content (AvgIpc) is 2.37. The molecule has 1 rings (SSSR count). The molecule has 21 heavy (non-hydrogen) atoms. The van der Waals surface area contributed by atoms with Crippen molar-refractivity contribution in [2.75, 3.05) is 40.3 Å². The van der Waals surface area contributed by atoms with Gasteiger partial charge in [-0.2, -0.15) is 17.0 Å². The lowest BCUT2D eigenvalue weighted by Crippen LogP contribution is -2.54. The van der Waals surface area contributed by atoms with E-state index in [1.165, 1.54) is 22.7 Å². The topological polar surface area (TPSA) is 87.0 Å². The Balaban J connectivity index is 2.56. The molecule has 1 saturated heterocycles. The van der Waals surface area contributed by atoms with Gasteiger partial charge >= 0.3 is 0 Å². The van der Waals surface area contributed by atoms with Gasteiger partial charge in [-0.25, -0.2) is 0 Å². The van der Waals surface area contributed by atoms with Crippen LogP contribution in [0.25, 0.3) is 0 Å². The number of nitrogens with two attached hydrogens (primary N) is 1. The lowest BCUT2D eigenvalue weighted by atomic mass is 9.85. The Morgan fingerprint density at radius 3 is 2.05 bits per heavy atom. The number of amides is 1. The molecule has 0 aromatic heterocycles. The van der Waals surface area contributed by atoms with Gasteiger partial charge in [0.05, 0.1) is 0 Å². The van der Waals surface area contributed by atoms with Gasteiger partial charge in [0, 0.05) is 52.7 Å². The van der Waals surface area contributed by atoms with E-state index < -0.39 is 10.2 Å². The highest BCUT2D eigenvalue weighted by atomic mass is 32.2. The molecule has 0 aromatic rings. The van der Waals surface area contributed by atoms with Crippen molar-refractivity contribution in [3.05, 3.63) is 0 Å². The number of hydrogen-bond acceptors (Lipinski definition) is 4. The highest BCUT2D eigenvalue weighted by Crippen LogP contribution is 2.21. The van der Waals surface area contributed by atoms with E-state index in [2.05, 4.69) is 0 Å². The highest BCUT2D eigenvalue weighted by Gasteiger charge is 2.31. The first-order valence-electron chi connectivity index (χ1n) is 7.17. The fourth-order valence-electron chi connectivity index (χ4n) is 2.02. The predicted octanol–water partition coefficient (Wildman–Crippen LogP) is -0.299. The number of hydrogen-bond donors (Lipinski definition) is 1. The zero-order valence-electron chi connectivity index (χ0n) is 13.7. The summed E-state index contributed by atoms with van der Waals surface area (Å²) in [5.74, 6) is -0.000624. The molecule has 1 amide bonds. The Morgan fingerprint density at radius 1 is 1.19 bits per heavy atom. The molecule has 1 unspecified atom stereocenters. The summed E-state index contributed by atoms with van der Waals surface area (Å²) in [5, 5.41) is 0. The summed E-state index contributed by atoms with van der Waals surface area (Å²) < 4.78 is 26.6. The van der Waals surface area contributed by atoms with E-state index in [1.54, 1.807) is 4.90 Å². The van der Waals surface area contributed by atoms with Gasteiger partial charge in [-0.15, -0.1) is 0 Å². The number of piperazine rings is 1. The van der Waals surface area contributed by atoms with Gasteiger partial charge in [-0.05, 0) is 5.41 Å². The normalized spacial score (nSPS) is 19.9. The summed E-state index contributed by atoms with van der Waals surface area (Å²) in [7, 11) is -0.373. The zero-order valence-corrected chi connectivity index (χ0v) is 14.5. The van der Waals surface area contributed by atoms with Crippen molar-refractivity contribution in [3.63, 3.8) is 0 Å². The maximum absolute atomic E-state index is 12.2. The molecule has 1 aliphatic rings. The smallest absolute Gasteiger partial charge is 0.281 e. The fourth-order valence-corrected chi connectivity index (χ4v) is 3.11. The summed E-state index contributed by atoms with van der Waals surface area (Å²) in [6, 6.07) is -0.200. The largest absolute Gasteiger partial charge is 0.340 e. The van der Waals surface area contributed by atoms with Crippen molar-refractivity contribution in [1.82, 2.24) is 13.5 Å². The van der Waals surface area contributed by atoms with Gasteiger partial charge in [-0.1, -0.05) is 20.8 Å². The van der Waals surface area contributed by atoms with Crippen LogP contribution in [0.15, 0.2) is 0 Å². The van der Waals surface area contributed by atoms with Crippen molar-refractivity contribution in [2.45, 2.75) is 33.2 Å². The number of nitrogens with zero attached hydrogens (tertiary/aromatic N) is 3. The maximum atomic E-state index is 12.2. The van der Waals surface area contributed by atoms with Crippen LogP contribution in [0.2, 0.25) is 0 Å². The quantitative estimate of drug-likeness (QED) is 0.770. The van der Waals surface area contributed by atoms with E-state index in [4.69, 9.17) is 5.73 Å². The van der Waals surface area contributed by atoms with Gasteiger partial charge < -0.3 is 10.6 Å². The van der Waals surface area contributed by atoms with Crippen LogP contribution in [0.4, 0.5) is 0 Å². The molecule has 0 radical (unpaired) electrons. The monoisotopic (exact) mass is 320 g/mol. The molecule has 2 N–H and O–H groups in total. The molecule has 1 fully saturated rings. The molecular weight excluding hydrogens is 292 g/mol. The Hall–Kier alpha value is -0.700. The van der Waals surface area contributed by atoms with Gasteiger partial charge in [0.15, 0.2) is 0 Å². The molecule has 1 heterocycles. The van der Waals surface area contributed by atoms with Crippen LogP contribution in [-0.2, 0) is 15.0 Å². The molecule has 0 bridgehead atoms. The maximum Gasteiger partial charge on any atom is 0.281 e. The van der Waals surface area contributed by atoms with Crippen LogP contribution in [0.1, 0.15) is 27.2 Å². The minimum atomic E-state index is -3.39. The SMILES string of the molecule is CN(C)S(=O)(=O)N1CCN(C(=O)CC(N)C(C)(C)C)CC1. The van der Waals surface area contributed by atoms with Crippen LogP contribution >= 0.6 is 0 Å². The second kappa shape index (κ2) is 6.60. The van der Waals surface area contributed by atoms with E-state index >= 15 is 0 Å². The molecule has 124 valence electrons. The van der Waals surface area contributed by atoms with Crippen molar-refractivity contribution in [2.24, 2.45) is 11.1 Å². The number of carbonyl (C=O) groups is 1. The predicted molar refractivity (Wildman–Crippen MR) is 82.8 cm³/mol. The third-order valence-corrected chi connectivity index (χ3v) is 5.83. The van der Waals surface area contributed by atoms with Gasteiger partial charge in [0.1, 0.15) is 0 Å². The van der Waals surface area contributed by atoms with Crippen molar-refractivity contribution in [1.29, 1.82) is 0 Å². The summed E-state index contributed by atoms with van der Waals surface area (Å²) in [6.07, 6.45) is 0.296. The van der Waals surface area contributed by atoms with E-state index in [1.807, 2.05) is 20.8 Å². The third-order valence-electron chi connectivity index (χ3n) is 3.89. The average molecular weight is 320 g/mol. The molecule has 0 aliphatic carbocycles. The number of carbonyl (C=O) groups excluding carboxylic acids is 1. The van der Waals surface area contributed by atoms with Gasteiger partial charge in [0.25, 0.3) is 10.2 Å². The lowest BCUT2D eigenvalue weighted by Gasteiger charge is -2.36. The number of rotatable bonds is 4. The summed E-state index contributed by atoms with van der Waals surface area (Å²) >= 11 is 0. The molecular formula is C13H28N4O3S. The summed E-state index contributed by atoms with van der Waals surface area (Å²) in [4.78, 5) is 13.9. The lowest BCUT2D eigenvalue weighted by molar-refractivity contribution is -0.133. The minimum Gasteiger partial charge on any atom is -0.340 e. The van der Waals surface area contributed by atoms with Crippen LogP contribution in [0, 0.1) is 5.41 Å². The van der Waals surface area contributed by atoms with Crippen molar-refractivity contribution < 1.29 is 13.2 Å². The molecule has 0 spiro atoms. The van der Waals surface area contributed by atoms with Crippen LogP contribution < -0.4 is 5.73 Å². The summed E-state index contributed by atoms with van der Waals surface area (Å²) in [5.41, 5.74) is 5.91. The second-order valence-corrected chi connectivity index (χ2v) is 8.89. The third kappa shape index (κ3) is 4.64. The standard InChI is InChI=1S/C13H28N4O3S/c1-13(2,3)11(14)10-12(18)16-6-8-17(9-7-16)21(19,20)15(4)5/h11H,6-10,14H2,1-5H3. The Kier molecular flexibility index (Phi) is 5.76. The molecule has 1 atom stereocenters. The van der Waals surface area contributed by atoms with Crippen molar-refractivity contribution in [3.8, 4) is 0 Å². The van der Waals surface area contributed by atoms with E-state index in [0.29, 0.717) is 32.6 Å². The van der Waals surface area contributed by atoms with E-state index in [-0.39, 0.29) is 17.4 Å². The van der Waals surface area contributed by atoms with E-state index in [0.717, 1.165) is 0 Å². The molecule has 0 saturated carbocycles. The molecule has 0 aromatic carbocycles. The Morgan fingerprint density at radius 2 is 1.67 bits per heavy atom. The highest BCUT2D eigenvalue weighted by molar-refractivity contribution is 7.86. The Labute approximate surface area is 128 Å². The van der Waals surface area contributed by atoms with Crippen molar-refractivity contribution >= 4 is 16.1 Å². The first-order chi connectivity index (χ1) is 9.46. The van der Waals surface area contributed by atoms with Crippen LogP contribution in [0.3, 0.4) is 0 Å². The summed E-state index contributed by atoms with van der Waals surface area (Å²) in [6.45, 7) is 7.52. The van der Waals surface area contributed by atoms with E-state index in [9.17, 15) is 13.2 Å². The van der Waals surface area contributed by atoms with Crippen LogP contribution in [-0.4, -0.2) is 74.2 Å². The van der Waals surface area contributed by atoms with Gasteiger partial charge in [-0.3, -0.25) is 4.79 Å². The fraction of sp³-hybridized carbons (Fsp3) is 0.923. The molecule has 8 heteroatoms. The Bertz CT molecular complexity index is 462. The first-order valence-corrected chi connectivity index (χ1v) is 8.57. The second-order valence-electron chi connectivity index (χ2n) is 6.75.